The topological polar surface area (TPSA) is 91.7 Å². The van der Waals surface area contributed by atoms with Crippen molar-refractivity contribution < 1.29 is 9.18 Å². The van der Waals surface area contributed by atoms with Gasteiger partial charge in [0.1, 0.15) is 17.2 Å². The van der Waals surface area contributed by atoms with Gasteiger partial charge in [0.2, 0.25) is 0 Å². The van der Waals surface area contributed by atoms with E-state index in [1.165, 1.54) is 6.07 Å². The van der Waals surface area contributed by atoms with E-state index in [9.17, 15) is 9.18 Å². The Morgan fingerprint density at radius 3 is 2.79 bits per heavy atom. The molecule has 1 saturated heterocycles. The molecular formula is C24H26FN7O. The van der Waals surface area contributed by atoms with Crippen LogP contribution in [-0.2, 0) is 13.6 Å². The molecule has 1 aliphatic rings. The largest absolute Gasteiger partial charge is 0.334 e. The SMILES string of the molecule is CC1CCN(C(=O)NCc2ccc(-c3ccnc4[nH]c(-c5cnn(C)c5)nc34)cc2F)CC1. The average molecular weight is 448 g/mol. The lowest BCUT2D eigenvalue weighted by Crippen LogP contribution is -2.43. The molecule has 0 radical (unpaired) electrons. The highest BCUT2D eigenvalue weighted by atomic mass is 19.1. The van der Waals surface area contributed by atoms with Gasteiger partial charge in [-0.1, -0.05) is 19.1 Å². The molecule has 8 nitrogen and oxygen atoms in total. The molecule has 0 atom stereocenters. The maximum Gasteiger partial charge on any atom is 0.317 e. The maximum atomic E-state index is 14.9. The highest BCUT2D eigenvalue weighted by Gasteiger charge is 2.20. The number of nitrogens with one attached hydrogen (secondary N) is 2. The summed E-state index contributed by atoms with van der Waals surface area (Å²) in [5.41, 5.74) is 4.06. The number of aryl methyl sites for hydroxylation is 1. The molecule has 2 N–H and O–H groups in total. The van der Waals surface area contributed by atoms with Crippen LogP contribution < -0.4 is 5.32 Å². The smallest absolute Gasteiger partial charge is 0.317 e. The van der Waals surface area contributed by atoms with E-state index in [0.717, 1.165) is 37.1 Å². The highest BCUT2D eigenvalue weighted by molar-refractivity contribution is 5.91. The molecule has 170 valence electrons. The summed E-state index contributed by atoms with van der Waals surface area (Å²) in [6.45, 7) is 3.84. The van der Waals surface area contributed by atoms with Crippen LogP contribution in [0.15, 0.2) is 42.9 Å². The lowest BCUT2D eigenvalue weighted by atomic mass is 10.00. The van der Waals surface area contributed by atoms with E-state index < -0.39 is 0 Å². The molecule has 1 aromatic carbocycles. The fourth-order valence-electron chi connectivity index (χ4n) is 4.18. The molecule has 1 fully saturated rings. The molecular weight excluding hydrogens is 421 g/mol. The van der Waals surface area contributed by atoms with E-state index in [-0.39, 0.29) is 18.4 Å². The van der Waals surface area contributed by atoms with Crippen molar-refractivity contribution in [3.63, 3.8) is 0 Å². The van der Waals surface area contributed by atoms with Crippen LogP contribution in [-0.4, -0.2) is 48.8 Å². The number of aromatic nitrogens is 5. The zero-order chi connectivity index (χ0) is 22.9. The number of aromatic amines is 1. The van der Waals surface area contributed by atoms with Gasteiger partial charge in [-0.05, 0) is 36.5 Å². The first kappa shape index (κ1) is 21.1. The second kappa shape index (κ2) is 8.65. The molecule has 33 heavy (non-hydrogen) atoms. The third-order valence-corrected chi connectivity index (χ3v) is 6.23. The number of pyridine rings is 1. The van der Waals surface area contributed by atoms with Crippen molar-refractivity contribution in [2.75, 3.05) is 13.1 Å². The molecule has 4 heterocycles. The molecule has 5 rings (SSSR count). The summed E-state index contributed by atoms with van der Waals surface area (Å²) < 4.78 is 16.6. The van der Waals surface area contributed by atoms with Gasteiger partial charge < -0.3 is 15.2 Å². The van der Waals surface area contributed by atoms with Crippen molar-refractivity contribution in [2.24, 2.45) is 13.0 Å². The Labute approximate surface area is 190 Å². The highest BCUT2D eigenvalue weighted by Crippen LogP contribution is 2.29. The lowest BCUT2D eigenvalue weighted by molar-refractivity contribution is 0.173. The standard InChI is InChI=1S/C24H26FN7O/c1-15-6-9-32(10-7-15)24(33)27-12-17-4-3-16(11-20(17)25)19-5-8-26-23-21(19)29-22(30-23)18-13-28-31(2)14-18/h3-5,8,11,13-15H,6-7,9-10,12H2,1-2H3,(H,27,33)(H,26,29,30). The number of carbonyl (C=O) groups excluding carboxylic acids is 1. The summed E-state index contributed by atoms with van der Waals surface area (Å²) in [6, 6.07) is 6.73. The number of imidazole rings is 1. The summed E-state index contributed by atoms with van der Waals surface area (Å²) in [5.74, 6) is 0.937. The lowest BCUT2D eigenvalue weighted by Gasteiger charge is -2.30. The molecule has 1 aliphatic heterocycles. The second-order valence-electron chi connectivity index (χ2n) is 8.68. The van der Waals surface area contributed by atoms with Crippen LogP contribution >= 0.6 is 0 Å². The summed E-state index contributed by atoms with van der Waals surface area (Å²) >= 11 is 0. The number of H-pyrrole nitrogens is 1. The van der Waals surface area contributed by atoms with Gasteiger partial charge in [0, 0.05) is 50.2 Å². The van der Waals surface area contributed by atoms with Crippen molar-refractivity contribution in [1.29, 1.82) is 0 Å². The van der Waals surface area contributed by atoms with Crippen LogP contribution in [0.2, 0.25) is 0 Å². The number of rotatable bonds is 4. The predicted octanol–water partition coefficient (Wildman–Crippen LogP) is 4.11. The second-order valence-corrected chi connectivity index (χ2v) is 8.68. The summed E-state index contributed by atoms with van der Waals surface area (Å²) in [7, 11) is 1.84. The molecule has 0 bridgehead atoms. The van der Waals surface area contributed by atoms with E-state index in [1.54, 1.807) is 28.0 Å². The van der Waals surface area contributed by atoms with Gasteiger partial charge in [-0.25, -0.2) is 19.2 Å². The van der Waals surface area contributed by atoms with Gasteiger partial charge in [0.05, 0.1) is 11.8 Å². The number of piperidine rings is 1. The average Bonchev–Trinajstić information content (AvgIpc) is 3.44. The van der Waals surface area contributed by atoms with Gasteiger partial charge >= 0.3 is 6.03 Å². The van der Waals surface area contributed by atoms with Crippen molar-refractivity contribution in [3.8, 4) is 22.5 Å². The first-order valence-corrected chi connectivity index (χ1v) is 11.1. The van der Waals surface area contributed by atoms with Gasteiger partial charge in [0.15, 0.2) is 5.65 Å². The van der Waals surface area contributed by atoms with Gasteiger partial charge in [-0.15, -0.1) is 0 Å². The summed E-state index contributed by atoms with van der Waals surface area (Å²) in [6.07, 6.45) is 7.28. The summed E-state index contributed by atoms with van der Waals surface area (Å²) in [5, 5.41) is 7.03. The first-order chi connectivity index (χ1) is 16.0. The number of nitrogens with zero attached hydrogens (tertiary/aromatic N) is 5. The Kier molecular flexibility index (Phi) is 5.53. The van der Waals surface area contributed by atoms with Gasteiger partial charge in [-0.3, -0.25) is 4.68 Å². The Hall–Kier alpha value is -3.75. The number of hydrogen-bond acceptors (Lipinski definition) is 4. The van der Waals surface area contributed by atoms with Gasteiger partial charge in [0.25, 0.3) is 0 Å². The zero-order valence-corrected chi connectivity index (χ0v) is 18.7. The number of benzene rings is 1. The normalized spacial score (nSPS) is 14.7. The molecule has 0 unspecified atom stereocenters. The van der Waals surface area contributed by atoms with Crippen molar-refractivity contribution in [3.05, 3.63) is 54.2 Å². The predicted molar refractivity (Wildman–Crippen MR) is 124 cm³/mol. The van der Waals surface area contributed by atoms with E-state index in [4.69, 9.17) is 0 Å². The van der Waals surface area contributed by atoms with Crippen molar-refractivity contribution in [2.45, 2.75) is 26.3 Å². The van der Waals surface area contributed by atoms with Crippen LogP contribution in [0.4, 0.5) is 9.18 Å². The van der Waals surface area contributed by atoms with Crippen molar-refractivity contribution >= 4 is 17.2 Å². The third kappa shape index (κ3) is 4.30. The number of amides is 2. The molecule has 0 saturated carbocycles. The van der Waals surface area contributed by atoms with E-state index >= 15 is 0 Å². The number of fused-ring (bicyclic) bond motifs is 1. The third-order valence-electron chi connectivity index (χ3n) is 6.23. The minimum atomic E-state index is -0.368. The molecule has 4 aromatic rings. The Balaban J connectivity index is 1.35. The fourth-order valence-corrected chi connectivity index (χ4v) is 4.18. The molecule has 0 aliphatic carbocycles. The van der Waals surface area contributed by atoms with Crippen LogP contribution in [0.5, 0.6) is 0 Å². The monoisotopic (exact) mass is 447 g/mol. The molecule has 3 aromatic heterocycles. The quantitative estimate of drug-likeness (QED) is 0.493. The first-order valence-electron chi connectivity index (χ1n) is 11.1. The number of halogens is 1. The number of carbonyl (C=O) groups is 1. The maximum absolute atomic E-state index is 14.9. The van der Waals surface area contributed by atoms with E-state index in [2.05, 4.69) is 32.3 Å². The minimum absolute atomic E-state index is 0.138. The Morgan fingerprint density at radius 1 is 1.24 bits per heavy atom. The van der Waals surface area contributed by atoms with Crippen molar-refractivity contribution in [1.82, 2.24) is 34.9 Å². The van der Waals surface area contributed by atoms with E-state index in [0.29, 0.717) is 34.0 Å². The Bertz CT molecular complexity index is 1300. The molecule has 9 heteroatoms. The molecule has 0 spiro atoms. The van der Waals surface area contributed by atoms with Crippen LogP contribution in [0.25, 0.3) is 33.7 Å². The zero-order valence-electron chi connectivity index (χ0n) is 18.7. The minimum Gasteiger partial charge on any atom is -0.334 e. The number of urea groups is 1. The number of likely N-dealkylation sites (tertiary alicyclic amines) is 1. The van der Waals surface area contributed by atoms with Crippen LogP contribution in [0, 0.1) is 11.7 Å². The summed E-state index contributed by atoms with van der Waals surface area (Å²) in [4.78, 5) is 26.5. The van der Waals surface area contributed by atoms with Crippen LogP contribution in [0.3, 0.4) is 0 Å². The fraction of sp³-hybridized carbons (Fsp3) is 0.333. The molecule has 2 amide bonds. The number of hydrogen-bond donors (Lipinski definition) is 2. The Morgan fingerprint density at radius 2 is 2.06 bits per heavy atom. The van der Waals surface area contributed by atoms with E-state index in [1.807, 2.05) is 25.4 Å². The van der Waals surface area contributed by atoms with Crippen LogP contribution in [0.1, 0.15) is 25.3 Å². The van der Waals surface area contributed by atoms with Gasteiger partial charge in [-0.2, -0.15) is 5.10 Å².